The van der Waals surface area contributed by atoms with Crippen LogP contribution in [0.5, 0.6) is 5.75 Å². The number of H-pyrrole nitrogens is 1. The smallest absolute Gasteiger partial charge is 0.238 e. The summed E-state index contributed by atoms with van der Waals surface area (Å²) in [7, 11) is 1.59. The molecule has 8 nitrogen and oxygen atoms in total. The second-order valence-corrected chi connectivity index (χ2v) is 9.01. The lowest BCUT2D eigenvalue weighted by Crippen LogP contribution is -2.45. The van der Waals surface area contributed by atoms with Crippen LogP contribution < -0.4 is 15.4 Å². The van der Waals surface area contributed by atoms with E-state index in [0.717, 1.165) is 35.9 Å². The number of piperidine rings is 1. The van der Waals surface area contributed by atoms with E-state index in [2.05, 4.69) is 25.5 Å². The van der Waals surface area contributed by atoms with Crippen LogP contribution in [-0.2, 0) is 4.79 Å². The lowest BCUT2D eigenvalue weighted by molar-refractivity contribution is -0.117. The zero-order valence-corrected chi connectivity index (χ0v) is 20.2. The number of amides is 1. The summed E-state index contributed by atoms with van der Waals surface area (Å²) in [6, 6.07) is 15.6. The molecule has 1 aliphatic rings. The largest absolute Gasteiger partial charge is 0.495 e. The van der Waals surface area contributed by atoms with Gasteiger partial charge in [-0.1, -0.05) is 41.9 Å². The quantitative estimate of drug-likeness (QED) is 0.344. The van der Waals surface area contributed by atoms with Crippen molar-refractivity contribution in [1.29, 1.82) is 0 Å². The standard InChI is InChI=1S/C26H27ClN6O2/c1-35-23-11-5-4-10-22(23)31-24(34)16-33-12-6-7-17(15-33)30-26-29-14-20(27)25(32-26)19-13-28-21-9-3-2-8-18(19)21/h2-5,8-11,13-14,17,28H,6-7,12,15-16H2,1H3,(H,31,34)(H,29,30,32)/t17-/m1/s1. The second kappa shape index (κ2) is 10.3. The minimum absolute atomic E-state index is 0.0699. The molecule has 1 amide bonds. The van der Waals surface area contributed by atoms with Crippen LogP contribution in [-0.4, -0.2) is 58.5 Å². The maximum atomic E-state index is 12.7. The van der Waals surface area contributed by atoms with Gasteiger partial charge < -0.3 is 20.4 Å². The summed E-state index contributed by atoms with van der Waals surface area (Å²) in [5, 5.41) is 7.95. The monoisotopic (exact) mass is 490 g/mol. The average Bonchev–Trinajstić information content (AvgIpc) is 3.30. The Hall–Kier alpha value is -3.62. The van der Waals surface area contributed by atoms with Crippen molar-refractivity contribution < 1.29 is 9.53 Å². The number of nitrogens with one attached hydrogen (secondary N) is 3. The summed E-state index contributed by atoms with van der Waals surface area (Å²) >= 11 is 6.47. The van der Waals surface area contributed by atoms with Gasteiger partial charge in [0.1, 0.15) is 5.75 Å². The minimum Gasteiger partial charge on any atom is -0.495 e. The molecule has 1 aliphatic heterocycles. The first kappa shape index (κ1) is 23.1. The lowest BCUT2D eigenvalue weighted by atomic mass is 10.1. The Morgan fingerprint density at radius 3 is 2.94 bits per heavy atom. The molecule has 1 saturated heterocycles. The Bertz CT molecular complexity index is 1340. The topological polar surface area (TPSA) is 95.2 Å². The normalized spacial score (nSPS) is 16.2. The van der Waals surface area contributed by atoms with Crippen molar-refractivity contribution in [2.24, 2.45) is 0 Å². The first-order valence-electron chi connectivity index (χ1n) is 11.6. The van der Waals surface area contributed by atoms with E-state index >= 15 is 0 Å². The summed E-state index contributed by atoms with van der Waals surface area (Å²) in [5.74, 6) is 1.10. The maximum Gasteiger partial charge on any atom is 0.238 e. The van der Waals surface area contributed by atoms with E-state index in [1.54, 1.807) is 13.3 Å². The van der Waals surface area contributed by atoms with Gasteiger partial charge in [-0.3, -0.25) is 9.69 Å². The lowest BCUT2D eigenvalue weighted by Gasteiger charge is -2.32. The molecule has 0 bridgehead atoms. The molecule has 0 aliphatic carbocycles. The van der Waals surface area contributed by atoms with Crippen LogP contribution in [0.3, 0.4) is 0 Å². The third kappa shape index (κ3) is 5.23. The number of aromatic nitrogens is 3. The third-order valence-corrected chi connectivity index (χ3v) is 6.45. The second-order valence-electron chi connectivity index (χ2n) is 8.61. The van der Waals surface area contributed by atoms with Crippen LogP contribution in [0.25, 0.3) is 22.2 Å². The number of methoxy groups -OCH3 is 1. The zero-order valence-electron chi connectivity index (χ0n) is 19.4. The van der Waals surface area contributed by atoms with Crippen LogP contribution >= 0.6 is 11.6 Å². The number of benzene rings is 2. The molecule has 35 heavy (non-hydrogen) atoms. The number of likely N-dealkylation sites (tertiary alicyclic amines) is 1. The molecular weight excluding hydrogens is 464 g/mol. The zero-order chi connectivity index (χ0) is 24.2. The Morgan fingerprint density at radius 1 is 1.23 bits per heavy atom. The van der Waals surface area contributed by atoms with E-state index in [-0.39, 0.29) is 11.9 Å². The predicted molar refractivity (Wildman–Crippen MR) is 139 cm³/mol. The number of para-hydroxylation sites is 3. The number of carbonyl (C=O) groups is 1. The third-order valence-electron chi connectivity index (χ3n) is 6.18. The summed E-state index contributed by atoms with van der Waals surface area (Å²) in [5.41, 5.74) is 3.33. The summed E-state index contributed by atoms with van der Waals surface area (Å²) < 4.78 is 5.32. The molecule has 5 rings (SSSR count). The van der Waals surface area contributed by atoms with Gasteiger partial charge in [0.25, 0.3) is 0 Å². The first-order valence-corrected chi connectivity index (χ1v) is 12.0. The fraction of sp³-hybridized carbons (Fsp3) is 0.269. The van der Waals surface area contributed by atoms with Crippen molar-refractivity contribution in [3.8, 4) is 17.0 Å². The van der Waals surface area contributed by atoms with Crippen molar-refractivity contribution in [2.45, 2.75) is 18.9 Å². The molecule has 2 aromatic carbocycles. The number of rotatable bonds is 7. The van der Waals surface area contributed by atoms with E-state index in [9.17, 15) is 4.79 Å². The van der Waals surface area contributed by atoms with Crippen molar-refractivity contribution in [3.05, 3.63) is 65.9 Å². The van der Waals surface area contributed by atoms with Gasteiger partial charge in [-0.25, -0.2) is 9.97 Å². The SMILES string of the molecule is COc1ccccc1NC(=O)CN1CCC[C@@H](Nc2ncc(Cl)c(-c3c[nH]c4ccccc34)n2)C1. The van der Waals surface area contributed by atoms with E-state index in [4.69, 9.17) is 21.3 Å². The van der Waals surface area contributed by atoms with Gasteiger partial charge in [0.2, 0.25) is 11.9 Å². The fourth-order valence-corrected chi connectivity index (χ4v) is 4.73. The van der Waals surface area contributed by atoms with Gasteiger partial charge in [-0.2, -0.15) is 0 Å². The van der Waals surface area contributed by atoms with Gasteiger partial charge >= 0.3 is 0 Å². The Labute approximate surface area is 208 Å². The number of aromatic amines is 1. The van der Waals surface area contributed by atoms with Gasteiger partial charge in [-0.15, -0.1) is 0 Å². The summed E-state index contributed by atoms with van der Waals surface area (Å²) in [6.45, 7) is 1.88. The molecule has 1 fully saturated rings. The van der Waals surface area contributed by atoms with Crippen molar-refractivity contribution in [2.75, 3.05) is 37.4 Å². The number of ether oxygens (including phenoxy) is 1. The van der Waals surface area contributed by atoms with Crippen LogP contribution in [0.2, 0.25) is 5.02 Å². The highest BCUT2D eigenvalue weighted by Gasteiger charge is 2.23. The van der Waals surface area contributed by atoms with Crippen LogP contribution in [0.15, 0.2) is 60.9 Å². The van der Waals surface area contributed by atoms with Gasteiger partial charge in [0, 0.05) is 35.2 Å². The molecule has 0 saturated carbocycles. The highest BCUT2D eigenvalue weighted by molar-refractivity contribution is 6.33. The van der Waals surface area contributed by atoms with E-state index < -0.39 is 0 Å². The molecule has 3 N–H and O–H groups in total. The number of anilines is 2. The number of hydrogen-bond acceptors (Lipinski definition) is 6. The Balaban J connectivity index is 1.24. The Morgan fingerprint density at radius 2 is 2.06 bits per heavy atom. The highest BCUT2D eigenvalue weighted by atomic mass is 35.5. The number of fused-ring (bicyclic) bond motifs is 1. The van der Waals surface area contributed by atoms with Crippen molar-refractivity contribution in [3.63, 3.8) is 0 Å². The van der Waals surface area contributed by atoms with E-state index in [1.807, 2.05) is 54.7 Å². The fourth-order valence-electron chi connectivity index (χ4n) is 4.53. The van der Waals surface area contributed by atoms with Crippen molar-refractivity contribution >= 4 is 40.0 Å². The molecular formula is C26H27ClN6O2. The van der Waals surface area contributed by atoms with E-state index in [0.29, 0.717) is 41.2 Å². The molecule has 2 aromatic heterocycles. The number of carbonyl (C=O) groups excluding carboxylic acids is 1. The van der Waals surface area contributed by atoms with E-state index in [1.165, 1.54) is 0 Å². The molecule has 4 aromatic rings. The summed E-state index contributed by atoms with van der Waals surface area (Å²) in [4.78, 5) is 27.2. The number of nitrogens with zero attached hydrogens (tertiary/aromatic N) is 3. The number of hydrogen-bond donors (Lipinski definition) is 3. The maximum absolute atomic E-state index is 12.7. The predicted octanol–water partition coefficient (Wildman–Crippen LogP) is 4.80. The minimum atomic E-state index is -0.0699. The van der Waals surface area contributed by atoms with Gasteiger partial charge in [0.05, 0.1) is 36.3 Å². The molecule has 0 spiro atoms. The average molecular weight is 491 g/mol. The molecule has 3 heterocycles. The molecule has 1 atom stereocenters. The van der Waals surface area contributed by atoms with Crippen molar-refractivity contribution in [1.82, 2.24) is 19.9 Å². The van der Waals surface area contributed by atoms with Crippen LogP contribution in [0.4, 0.5) is 11.6 Å². The summed E-state index contributed by atoms with van der Waals surface area (Å²) in [6.07, 6.45) is 5.50. The molecule has 0 unspecified atom stereocenters. The van der Waals surface area contributed by atoms with Crippen LogP contribution in [0.1, 0.15) is 12.8 Å². The Kier molecular flexibility index (Phi) is 6.83. The highest BCUT2D eigenvalue weighted by Crippen LogP contribution is 2.32. The molecule has 9 heteroatoms. The van der Waals surface area contributed by atoms with Gasteiger partial charge in [-0.05, 0) is 37.6 Å². The van der Waals surface area contributed by atoms with Crippen LogP contribution in [0, 0.1) is 0 Å². The first-order chi connectivity index (χ1) is 17.1. The van der Waals surface area contributed by atoms with Gasteiger partial charge in [0.15, 0.2) is 0 Å². The molecule has 0 radical (unpaired) electrons. The molecule has 180 valence electrons. The number of halogens is 1.